The van der Waals surface area contributed by atoms with E-state index in [1.54, 1.807) is 0 Å². The van der Waals surface area contributed by atoms with Gasteiger partial charge in [-0.25, -0.2) is 0 Å². The molecule has 0 aliphatic carbocycles. The van der Waals surface area contributed by atoms with Gasteiger partial charge in [-0.1, -0.05) is 35.3 Å². The zero-order valence-electron chi connectivity index (χ0n) is 7.22. The molecule has 0 atom stereocenters. The lowest BCUT2D eigenvalue weighted by atomic mass is 10.1. The maximum atomic E-state index is 5.74. The van der Waals surface area contributed by atoms with Gasteiger partial charge in [-0.3, -0.25) is 0 Å². The van der Waals surface area contributed by atoms with Crippen molar-refractivity contribution in [3.05, 3.63) is 58.6 Å². The number of halogens is 2. The normalized spacial score (nSPS) is 10.1. The van der Waals surface area contributed by atoms with E-state index in [2.05, 4.69) is 12.1 Å². The summed E-state index contributed by atoms with van der Waals surface area (Å²) in [4.78, 5) is 0. The van der Waals surface area contributed by atoms with E-state index in [1.807, 2.05) is 36.4 Å². The van der Waals surface area contributed by atoms with Crippen LogP contribution in [0.5, 0.6) is 0 Å². The third-order valence-electron chi connectivity index (χ3n) is 1.88. The van der Waals surface area contributed by atoms with Gasteiger partial charge in [0, 0.05) is 22.2 Å². The molecule has 14 heavy (non-hydrogen) atoms. The first kappa shape index (κ1) is 9.57. The summed E-state index contributed by atoms with van der Waals surface area (Å²) in [7, 11) is 0. The fourth-order valence-corrected chi connectivity index (χ4v) is 1.41. The Kier molecular flexibility index (Phi) is 2.76. The Labute approximate surface area is 93.1 Å². The molecular weight excluding hydrogens is 215 g/mol. The molecule has 0 spiro atoms. The average Bonchev–Trinajstić information content (AvgIpc) is 2.21. The third-order valence-corrected chi connectivity index (χ3v) is 2.35. The molecule has 2 aromatic carbocycles. The van der Waals surface area contributed by atoms with Gasteiger partial charge in [0.15, 0.2) is 0 Å². The van der Waals surface area contributed by atoms with Gasteiger partial charge in [0.2, 0.25) is 0 Å². The largest absolute Gasteiger partial charge is 0.0837 e. The number of hydrogen-bond donors (Lipinski definition) is 0. The molecule has 0 saturated heterocycles. The monoisotopic (exact) mass is 220 g/mol. The summed E-state index contributed by atoms with van der Waals surface area (Å²) in [6, 6.07) is 17.1. The Morgan fingerprint density at radius 2 is 1.14 bits per heavy atom. The molecule has 68 valence electrons. The van der Waals surface area contributed by atoms with Crippen LogP contribution in [0.2, 0.25) is 10.0 Å². The van der Waals surface area contributed by atoms with Crippen molar-refractivity contribution in [3.8, 4) is 11.1 Å². The molecule has 0 fully saturated rings. The molecule has 2 radical (unpaired) electrons. The lowest BCUT2D eigenvalue weighted by Gasteiger charge is -2.00. The first-order valence-electron chi connectivity index (χ1n) is 4.10. The maximum Gasteiger partial charge on any atom is 0.0485 e. The summed E-state index contributed by atoms with van der Waals surface area (Å²) in [5, 5.41) is 1.23. The maximum absolute atomic E-state index is 5.74. The quantitative estimate of drug-likeness (QED) is 0.674. The summed E-state index contributed by atoms with van der Waals surface area (Å²) in [6.45, 7) is 0. The topological polar surface area (TPSA) is 0 Å². The summed E-state index contributed by atoms with van der Waals surface area (Å²) in [5.74, 6) is 0. The molecule has 0 saturated carbocycles. The van der Waals surface area contributed by atoms with Crippen molar-refractivity contribution in [3.63, 3.8) is 0 Å². The standard InChI is InChI=1S/C12H6Cl2/c13-11-5-1-9(2-6-11)10-3-7-12(14)8-4-10/h1-5,7H. The van der Waals surface area contributed by atoms with Crippen molar-refractivity contribution >= 4 is 23.2 Å². The van der Waals surface area contributed by atoms with Crippen molar-refractivity contribution in [1.82, 2.24) is 0 Å². The predicted octanol–water partition coefficient (Wildman–Crippen LogP) is 4.26. The highest BCUT2D eigenvalue weighted by atomic mass is 35.5. The van der Waals surface area contributed by atoms with Gasteiger partial charge in [-0.05, 0) is 35.4 Å². The minimum Gasteiger partial charge on any atom is -0.0837 e. The van der Waals surface area contributed by atoms with E-state index in [0.29, 0.717) is 10.0 Å². The van der Waals surface area contributed by atoms with Crippen molar-refractivity contribution in [2.24, 2.45) is 0 Å². The molecule has 0 aliphatic rings. The van der Waals surface area contributed by atoms with Crippen LogP contribution in [0.25, 0.3) is 11.1 Å². The van der Waals surface area contributed by atoms with Gasteiger partial charge in [0.05, 0.1) is 0 Å². The highest BCUT2D eigenvalue weighted by Crippen LogP contribution is 2.22. The Hall–Kier alpha value is -0.980. The molecule has 2 heteroatoms. The van der Waals surface area contributed by atoms with Crippen LogP contribution in [0.3, 0.4) is 0 Å². The lowest BCUT2D eigenvalue weighted by molar-refractivity contribution is 1.60. The second-order valence-corrected chi connectivity index (χ2v) is 3.66. The molecule has 0 aliphatic heterocycles. The first-order valence-corrected chi connectivity index (χ1v) is 4.86. The second kappa shape index (κ2) is 4.04. The molecular formula is C12H6Cl2. The van der Waals surface area contributed by atoms with Gasteiger partial charge >= 0.3 is 0 Å². The van der Waals surface area contributed by atoms with E-state index in [-0.39, 0.29) is 0 Å². The van der Waals surface area contributed by atoms with Gasteiger partial charge in [-0.15, -0.1) is 0 Å². The Morgan fingerprint density at radius 1 is 0.714 bits per heavy atom. The Balaban J connectivity index is 2.40. The smallest absolute Gasteiger partial charge is 0.0485 e. The zero-order chi connectivity index (χ0) is 9.97. The molecule has 0 N–H and O–H groups in total. The highest BCUT2D eigenvalue weighted by molar-refractivity contribution is 6.30. The average molecular weight is 221 g/mol. The SMILES string of the molecule is Clc1[c]cc(-c2c[c]c(Cl)cc2)cc1. The molecule has 0 aromatic heterocycles. The van der Waals surface area contributed by atoms with E-state index in [1.165, 1.54) is 0 Å². The molecule has 0 heterocycles. The molecule has 0 unspecified atom stereocenters. The highest BCUT2D eigenvalue weighted by Gasteiger charge is 1.97. The van der Waals surface area contributed by atoms with Crippen LogP contribution < -0.4 is 0 Å². The summed E-state index contributed by atoms with van der Waals surface area (Å²) < 4.78 is 0. The van der Waals surface area contributed by atoms with E-state index >= 15 is 0 Å². The molecule has 0 amide bonds. The van der Waals surface area contributed by atoms with Gasteiger partial charge in [0.25, 0.3) is 0 Å². The number of rotatable bonds is 1. The molecule has 0 nitrogen and oxygen atoms in total. The van der Waals surface area contributed by atoms with Gasteiger partial charge in [-0.2, -0.15) is 0 Å². The van der Waals surface area contributed by atoms with Crippen LogP contribution in [-0.2, 0) is 0 Å². The van der Waals surface area contributed by atoms with E-state index in [9.17, 15) is 0 Å². The lowest BCUT2D eigenvalue weighted by Crippen LogP contribution is -1.76. The first-order chi connectivity index (χ1) is 6.75. The van der Waals surface area contributed by atoms with Crippen LogP contribution in [0, 0.1) is 12.1 Å². The molecule has 2 aromatic rings. The third kappa shape index (κ3) is 2.09. The summed E-state index contributed by atoms with van der Waals surface area (Å²) in [6.07, 6.45) is 0. The second-order valence-electron chi connectivity index (χ2n) is 2.85. The summed E-state index contributed by atoms with van der Waals surface area (Å²) >= 11 is 11.5. The number of hydrogen-bond acceptors (Lipinski definition) is 0. The van der Waals surface area contributed by atoms with Crippen molar-refractivity contribution in [2.75, 3.05) is 0 Å². The minimum absolute atomic E-state index is 0.617. The minimum atomic E-state index is 0.617. The van der Waals surface area contributed by atoms with Crippen LogP contribution in [0.15, 0.2) is 36.4 Å². The van der Waals surface area contributed by atoms with Crippen LogP contribution in [0.4, 0.5) is 0 Å². The fraction of sp³-hybridized carbons (Fsp3) is 0. The van der Waals surface area contributed by atoms with Crippen LogP contribution in [-0.4, -0.2) is 0 Å². The zero-order valence-corrected chi connectivity index (χ0v) is 8.73. The Morgan fingerprint density at radius 3 is 1.43 bits per heavy atom. The fourth-order valence-electron chi connectivity index (χ4n) is 1.17. The van der Waals surface area contributed by atoms with E-state index in [4.69, 9.17) is 23.2 Å². The van der Waals surface area contributed by atoms with Gasteiger partial charge < -0.3 is 0 Å². The van der Waals surface area contributed by atoms with E-state index < -0.39 is 0 Å². The summed E-state index contributed by atoms with van der Waals surface area (Å²) in [5.41, 5.74) is 2.12. The van der Waals surface area contributed by atoms with Crippen molar-refractivity contribution in [2.45, 2.75) is 0 Å². The Bertz CT molecular complexity index is 372. The number of benzene rings is 2. The van der Waals surface area contributed by atoms with Crippen molar-refractivity contribution in [1.29, 1.82) is 0 Å². The van der Waals surface area contributed by atoms with Crippen LogP contribution in [0.1, 0.15) is 0 Å². The van der Waals surface area contributed by atoms with E-state index in [0.717, 1.165) is 11.1 Å². The van der Waals surface area contributed by atoms with Gasteiger partial charge in [0.1, 0.15) is 0 Å². The predicted molar refractivity (Wildman–Crippen MR) is 59.6 cm³/mol. The van der Waals surface area contributed by atoms with Crippen LogP contribution >= 0.6 is 23.2 Å². The van der Waals surface area contributed by atoms with Crippen molar-refractivity contribution < 1.29 is 0 Å². The molecule has 2 rings (SSSR count). The molecule has 0 bridgehead atoms.